The molecule has 0 fully saturated rings. The number of benzene rings is 1. The van der Waals surface area contributed by atoms with Crippen molar-refractivity contribution in [3.8, 4) is 0 Å². The third kappa shape index (κ3) is 3.10. The Hall–Kier alpha value is 0.190. The zero-order valence-corrected chi connectivity index (χ0v) is 11.3. The second-order valence-electron chi connectivity index (χ2n) is 2.73. The van der Waals surface area contributed by atoms with Gasteiger partial charge in [-0.2, -0.15) is 0 Å². The van der Waals surface area contributed by atoms with Crippen molar-refractivity contribution < 1.29 is 0 Å². The van der Waals surface area contributed by atoms with E-state index in [1.165, 1.54) is 0 Å². The summed E-state index contributed by atoms with van der Waals surface area (Å²) in [7, 11) is 0. The smallest absolute Gasteiger partial charge is 0.0508 e. The Bertz CT molecular complexity index is 320. The van der Waals surface area contributed by atoms with Crippen LogP contribution in [-0.4, -0.2) is 6.54 Å². The predicted molar refractivity (Wildman–Crippen MR) is 69.5 cm³/mol. The maximum Gasteiger partial charge on any atom is 0.0508 e. The lowest BCUT2D eigenvalue weighted by atomic mass is 10.1. The lowest BCUT2D eigenvalue weighted by Crippen LogP contribution is -2.22. The van der Waals surface area contributed by atoms with Gasteiger partial charge in [0.05, 0.1) is 5.69 Å². The normalized spacial score (nSPS) is 12.0. The largest absolute Gasteiger partial charge is 0.398 e. The van der Waals surface area contributed by atoms with Crippen LogP contribution in [0.3, 0.4) is 0 Å². The van der Waals surface area contributed by atoms with Crippen LogP contribution in [0.4, 0.5) is 5.69 Å². The number of nitrogen functional groups attached to an aromatic ring is 1. The van der Waals surface area contributed by atoms with Gasteiger partial charge in [0.25, 0.3) is 0 Å². The Morgan fingerprint density at radius 3 is 2.36 bits per heavy atom. The van der Waals surface area contributed by atoms with Crippen molar-refractivity contribution >= 4 is 50.0 Å². The molecule has 1 aromatic rings. The van der Waals surface area contributed by atoms with E-state index in [1.54, 1.807) is 0 Å². The highest BCUT2D eigenvalue weighted by atomic mass is 79.9. The standard InChI is InChI=1S/C8H11Br2N3.ClH/c9-4-1-5(7(12)3-11)8(13)6(10)2-4;/h1-2,7H,3,11-13H2;1H/t7-;/m0./s1. The summed E-state index contributed by atoms with van der Waals surface area (Å²) in [5.41, 5.74) is 18.6. The van der Waals surface area contributed by atoms with Crippen molar-refractivity contribution in [2.45, 2.75) is 6.04 Å². The maximum atomic E-state index is 5.82. The monoisotopic (exact) mass is 343 g/mol. The van der Waals surface area contributed by atoms with Crippen LogP contribution in [0.5, 0.6) is 0 Å². The predicted octanol–water partition coefficient (Wildman–Crippen LogP) is 2.17. The fourth-order valence-corrected chi connectivity index (χ4v) is 2.30. The quantitative estimate of drug-likeness (QED) is 0.719. The van der Waals surface area contributed by atoms with E-state index < -0.39 is 0 Å². The average Bonchev–Trinajstić information content (AvgIpc) is 2.10. The molecule has 0 heterocycles. The summed E-state index contributed by atoms with van der Waals surface area (Å²) in [6.07, 6.45) is 0. The van der Waals surface area contributed by atoms with Crippen LogP contribution < -0.4 is 17.2 Å². The minimum Gasteiger partial charge on any atom is -0.398 e. The number of hydrogen-bond donors (Lipinski definition) is 3. The van der Waals surface area contributed by atoms with Gasteiger partial charge in [-0.05, 0) is 33.6 Å². The molecule has 0 aliphatic rings. The highest BCUT2D eigenvalue weighted by Crippen LogP contribution is 2.30. The molecule has 0 aliphatic heterocycles. The van der Waals surface area contributed by atoms with Crippen LogP contribution >= 0.6 is 44.3 Å². The Morgan fingerprint density at radius 1 is 1.29 bits per heavy atom. The highest BCUT2D eigenvalue weighted by Gasteiger charge is 2.11. The molecule has 80 valence electrons. The fraction of sp³-hybridized carbons (Fsp3) is 0.250. The van der Waals surface area contributed by atoms with Crippen LogP contribution in [0.25, 0.3) is 0 Å². The maximum absolute atomic E-state index is 5.82. The van der Waals surface area contributed by atoms with Gasteiger partial charge in [0.2, 0.25) is 0 Å². The van der Waals surface area contributed by atoms with Crippen LogP contribution in [0.1, 0.15) is 11.6 Å². The minimum atomic E-state index is -0.214. The number of anilines is 1. The van der Waals surface area contributed by atoms with E-state index in [4.69, 9.17) is 17.2 Å². The van der Waals surface area contributed by atoms with Crippen molar-refractivity contribution in [2.24, 2.45) is 11.5 Å². The molecule has 6 N–H and O–H groups in total. The van der Waals surface area contributed by atoms with Crippen LogP contribution in [-0.2, 0) is 0 Å². The summed E-state index contributed by atoms with van der Waals surface area (Å²) in [6, 6.07) is 3.55. The molecular weight excluding hydrogens is 333 g/mol. The first-order chi connectivity index (χ1) is 6.06. The SMILES string of the molecule is Cl.NC[C@H](N)c1cc(Br)cc(Br)c1N. The van der Waals surface area contributed by atoms with Gasteiger partial charge in [0.1, 0.15) is 0 Å². The Morgan fingerprint density at radius 2 is 1.86 bits per heavy atom. The summed E-state index contributed by atoms with van der Waals surface area (Å²) in [5, 5.41) is 0. The molecule has 0 saturated carbocycles. The van der Waals surface area contributed by atoms with Gasteiger partial charge in [-0.1, -0.05) is 15.9 Å². The number of halogens is 3. The van der Waals surface area contributed by atoms with Crippen LogP contribution in [0, 0.1) is 0 Å². The first-order valence-electron chi connectivity index (χ1n) is 3.76. The van der Waals surface area contributed by atoms with E-state index in [0.717, 1.165) is 14.5 Å². The molecule has 6 heteroatoms. The average molecular weight is 345 g/mol. The molecule has 0 saturated heterocycles. The van der Waals surface area contributed by atoms with Crippen molar-refractivity contribution in [3.05, 3.63) is 26.6 Å². The second-order valence-corrected chi connectivity index (χ2v) is 4.50. The second kappa shape index (κ2) is 5.92. The molecule has 1 atom stereocenters. The van der Waals surface area contributed by atoms with Gasteiger partial charge < -0.3 is 17.2 Å². The molecule has 0 radical (unpaired) electrons. The topological polar surface area (TPSA) is 78.1 Å². The van der Waals surface area contributed by atoms with E-state index >= 15 is 0 Å². The summed E-state index contributed by atoms with van der Waals surface area (Å²) in [4.78, 5) is 0. The molecule has 14 heavy (non-hydrogen) atoms. The number of nitrogens with two attached hydrogens (primary N) is 3. The molecule has 1 rings (SSSR count). The highest BCUT2D eigenvalue weighted by molar-refractivity contribution is 9.11. The molecule has 0 aliphatic carbocycles. The Labute approximate surface area is 106 Å². The molecule has 0 bridgehead atoms. The molecule has 0 spiro atoms. The van der Waals surface area contributed by atoms with E-state index in [0.29, 0.717) is 12.2 Å². The van der Waals surface area contributed by atoms with E-state index in [1.807, 2.05) is 12.1 Å². The lowest BCUT2D eigenvalue weighted by Gasteiger charge is -2.13. The zero-order chi connectivity index (χ0) is 10.0. The lowest BCUT2D eigenvalue weighted by molar-refractivity contribution is 0.738. The third-order valence-electron chi connectivity index (χ3n) is 1.78. The van der Waals surface area contributed by atoms with E-state index in [2.05, 4.69) is 31.9 Å². The third-order valence-corrected chi connectivity index (χ3v) is 2.89. The van der Waals surface area contributed by atoms with Gasteiger partial charge in [-0.15, -0.1) is 12.4 Å². The Balaban J connectivity index is 0.00000169. The summed E-state index contributed by atoms with van der Waals surface area (Å²) in [6.45, 7) is 0.382. The van der Waals surface area contributed by atoms with Crippen molar-refractivity contribution in [3.63, 3.8) is 0 Å². The van der Waals surface area contributed by atoms with Crippen LogP contribution in [0.15, 0.2) is 21.1 Å². The van der Waals surface area contributed by atoms with E-state index in [-0.39, 0.29) is 18.4 Å². The zero-order valence-electron chi connectivity index (χ0n) is 7.34. The molecule has 1 aromatic carbocycles. The fourth-order valence-electron chi connectivity index (χ4n) is 1.04. The van der Waals surface area contributed by atoms with Crippen molar-refractivity contribution in [2.75, 3.05) is 12.3 Å². The first kappa shape index (κ1) is 14.2. The van der Waals surface area contributed by atoms with Gasteiger partial charge >= 0.3 is 0 Å². The molecule has 0 unspecified atom stereocenters. The molecular formula is C8H12Br2ClN3. The summed E-state index contributed by atoms with van der Waals surface area (Å²) in [5.74, 6) is 0. The summed E-state index contributed by atoms with van der Waals surface area (Å²) < 4.78 is 1.77. The number of hydrogen-bond acceptors (Lipinski definition) is 3. The van der Waals surface area contributed by atoms with Crippen LogP contribution in [0.2, 0.25) is 0 Å². The van der Waals surface area contributed by atoms with Gasteiger partial charge in [0, 0.05) is 21.5 Å². The van der Waals surface area contributed by atoms with Crippen molar-refractivity contribution in [1.29, 1.82) is 0 Å². The Kier molecular flexibility index (Phi) is 6.00. The summed E-state index contributed by atoms with van der Waals surface area (Å²) >= 11 is 6.71. The molecule has 0 amide bonds. The van der Waals surface area contributed by atoms with E-state index in [9.17, 15) is 0 Å². The van der Waals surface area contributed by atoms with Gasteiger partial charge in [-0.25, -0.2) is 0 Å². The van der Waals surface area contributed by atoms with Gasteiger partial charge in [0.15, 0.2) is 0 Å². The number of rotatable bonds is 2. The minimum absolute atomic E-state index is 0. The van der Waals surface area contributed by atoms with Gasteiger partial charge in [-0.3, -0.25) is 0 Å². The molecule has 3 nitrogen and oxygen atoms in total. The van der Waals surface area contributed by atoms with Crippen molar-refractivity contribution in [1.82, 2.24) is 0 Å². The molecule has 0 aromatic heterocycles. The first-order valence-corrected chi connectivity index (χ1v) is 5.35.